The Kier molecular flexibility index (Phi) is 6.24. The van der Waals surface area contributed by atoms with Gasteiger partial charge in [0, 0.05) is 6.20 Å². The van der Waals surface area contributed by atoms with Gasteiger partial charge in [-0.25, -0.2) is 9.97 Å². The lowest BCUT2D eigenvalue weighted by atomic mass is 9.85. The summed E-state index contributed by atoms with van der Waals surface area (Å²) in [7, 11) is 0. The van der Waals surface area contributed by atoms with E-state index < -0.39 is 0 Å². The number of nitrogens with zero attached hydrogens (tertiary/aromatic N) is 5. The molecule has 1 aliphatic carbocycles. The van der Waals surface area contributed by atoms with Crippen molar-refractivity contribution in [1.29, 1.82) is 0 Å². The average Bonchev–Trinajstić information content (AvgIpc) is 3.30. The van der Waals surface area contributed by atoms with Gasteiger partial charge in [-0.05, 0) is 80.7 Å². The van der Waals surface area contributed by atoms with Gasteiger partial charge in [0.2, 0.25) is 0 Å². The van der Waals surface area contributed by atoms with Crippen LogP contribution in [0.1, 0.15) is 65.0 Å². The zero-order valence-corrected chi connectivity index (χ0v) is 20.1. The van der Waals surface area contributed by atoms with Gasteiger partial charge in [-0.15, -0.1) is 5.10 Å². The van der Waals surface area contributed by atoms with Gasteiger partial charge in [0.25, 0.3) is 0 Å². The molecule has 0 amide bonds. The summed E-state index contributed by atoms with van der Waals surface area (Å²) in [6, 6.07) is 12.8. The van der Waals surface area contributed by atoms with Crippen molar-refractivity contribution >= 4 is 0 Å². The zero-order chi connectivity index (χ0) is 23.7. The Morgan fingerprint density at radius 2 is 1.71 bits per heavy atom. The molecule has 0 radical (unpaired) electrons. The van der Waals surface area contributed by atoms with Crippen LogP contribution in [0.15, 0.2) is 48.9 Å². The molecule has 0 saturated heterocycles. The molecular formula is C28H31N5O. The molecule has 1 aromatic carbocycles. The number of aryl methyl sites for hydroxylation is 2. The summed E-state index contributed by atoms with van der Waals surface area (Å²) < 4.78 is 1.90. The number of aliphatic hydroxyl groups is 1. The smallest absolute Gasteiger partial charge is 0.115 e. The first-order valence-corrected chi connectivity index (χ1v) is 12.1. The molecule has 0 bridgehead atoms. The molecule has 0 fully saturated rings. The average molecular weight is 454 g/mol. The molecule has 34 heavy (non-hydrogen) atoms. The van der Waals surface area contributed by atoms with Gasteiger partial charge in [-0.3, -0.25) is 0 Å². The molecule has 174 valence electrons. The minimum atomic E-state index is -0.151. The van der Waals surface area contributed by atoms with E-state index in [9.17, 15) is 5.11 Å². The fourth-order valence-corrected chi connectivity index (χ4v) is 4.92. The van der Waals surface area contributed by atoms with Gasteiger partial charge in [0.1, 0.15) is 5.69 Å². The summed E-state index contributed by atoms with van der Waals surface area (Å²) >= 11 is 0. The Labute approximate surface area is 200 Å². The standard InChI is InChI=1S/C28H31N5O/c1-18-8-10-21(11-9-18)19(2)14-25-22-6-4-5-7-23(22)28(32-31-25)24-12-13-27(26(16-34)30-24)33-15-20(3)29-17-33/h8-13,15,17,19,34H,4-7,14,16H2,1-3H3/t19-/m1/s1. The number of aromatic nitrogens is 5. The third kappa shape index (κ3) is 4.38. The Balaban J connectivity index is 1.50. The second-order valence-corrected chi connectivity index (χ2v) is 9.42. The lowest BCUT2D eigenvalue weighted by molar-refractivity contribution is 0.276. The lowest BCUT2D eigenvalue weighted by Gasteiger charge is -2.22. The minimum Gasteiger partial charge on any atom is -0.390 e. The molecule has 0 unspecified atom stereocenters. The number of hydrogen-bond donors (Lipinski definition) is 1. The van der Waals surface area contributed by atoms with Crippen LogP contribution >= 0.6 is 0 Å². The first-order valence-electron chi connectivity index (χ1n) is 12.1. The van der Waals surface area contributed by atoms with E-state index in [0.717, 1.165) is 54.1 Å². The van der Waals surface area contributed by atoms with Crippen LogP contribution in [0.5, 0.6) is 0 Å². The quantitative estimate of drug-likeness (QED) is 0.442. The van der Waals surface area contributed by atoms with E-state index in [2.05, 4.69) is 43.1 Å². The number of pyridine rings is 1. The van der Waals surface area contributed by atoms with Crippen LogP contribution in [0.25, 0.3) is 17.1 Å². The normalized spacial score (nSPS) is 14.1. The topological polar surface area (TPSA) is 76.7 Å². The van der Waals surface area contributed by atoms with E-state index in [4.69, 9.17) is 15.2 Å². The van der Waals surface area contributed by atoms with E-state index >= 15 is 0 Å². The number of imidazole rings is 1. The van der Waals surface area contributed by atoms with E-state index in [0.29, 0.717) is 11.6 Å². The highest BCUT2D eigenvalue weighted by Gasteiger charge is 2.23. The number of hydrogen-bond acceptors (Lipinski definition) is 5. The Hall–Kier alpha value is -3.38. The van der Waals surface area contributed by atoms with Crippen molar-refractivity contribution in [2.75, 3.05) is 0 Å². The Morgan fingerprint density at radius 3 is 2.41 bits per heavy atom. The second-order valence-electron chi connectivity index (χ2n) is 9.42. The lowest BCUT2D eigenvalue weighted by Crippen LogP contribution is -2.15. The fraction of sp³-hybridized carbons (Fsp3) is 0.357. The number of benzene rings is 1. The Morgan fingerprint density at radius 1 is 0.941 bits per heavy atom. The highest BCUT2D eigenvalue weighted by Crippen LogP contribution is 2.33. The molecule has 6 heteroatoms. The van der Waals surface area contributed by atoms with Crippen LogP contribution in [0, 0.1) is 13.8 Å². The van der Waals surface area contributed by atoms with Gasteiger partial charge in [-0.1, -0.05) is 36.8 Å². The summed E-state index contributed by atoms with van der Waals surface area (Å²) in [5, 5.41) is 19.4. The molecule has 0 spiro atoms. The molecule has 4 aromatic rings. The number of fused-ring (bicyclic) bond motifs is 1. The highest BCUT2D eigenvalue weighted by atomic mass is 16.3. The predicted molar refractivity (Wildman–Crippen MR) is 133 cm³/mol. The van der Waals surface area contributed by atoms with Crippen molar-refractivity contribution in [3.05, 3.63) is 88.3 Å². The van der Waals surface area contributed by atoms with Crippen LogP contribution in [0.4, 0.5) is 0 Å². The molecule has 0 aliphatic heterocycles. The molecule has 1 atom stereocenters. The third-order valence-electron chi connectivity index (χ3n) is 6.85. The largest absolute Gasteiger partial charge is 0.390 e. The third-order valence-corrected chi connectivity index (χ3v) is 6.85. The van der Waals surface area contributed by atoms with Gasteiger partial charge in [0.05, 0.1) is 41.4 Å². The molecular weight excluding hydrogens is 422 g/mol. The maximum atomic E-state index is 10.0. The SMILES string of the molecule is Cc1ccc([C@H](C)Cc2nnc(-c3ccc(-n4cnc(C)c4)c(CO)n3)c3c2CCCC3)cc1. The minimum absolute atomic E-state index is 0.151. The second kappa shape index (κ2) is 9.47. The van der Waals surface area contributed by atoms with Crippen LogP contribution in [-0.4, -0.2) is 29.8 Å². The first-order chi connectivity index (χ1) is 16.5. The molecule has 6 nitrogen and oxygen atoms in total. The molecule has 5 rings (SSSR count). The fourth-order valence-electron chi connectivity index (χ4n) is 4.92. The van der Waals surface area contributed by atoms with Crippen LogP contribution in [0.2, 0.25) is 0 Å². The van der Waals surface area contributed by atoms with Crippen molar-refractivity contribution < 1.29 is 5.11 Å². The van der Waals surface area contributed by atoms with E-state index in [1.807, 2.05) is 29.8 Å². The van der Waals surface area contributed by atoms with Crippen LogP contribution in [0.3, 0.4) is 0 Å². The van der Waals surface area contributed by atoms with Crippen molar-refractivity contribution in [3.8, 4) is 17.1 Å². The molecule has 3 aromatic heterocycles. The highest BCUT2D eigenvalue weighted by molar-refractivity contribution is 5.63. The van der Waals surface area contributed by atoms with Gasteiger partial charge in [-0.2, -0.15) is 5.10 Å². The maximum Gasteiger partial charge on any atom is 0.115 e. The molecule has 3 heterocycles. The van der Waals surface area contributed by atoms with E-state index in [1.165, 1.54) is 28.7 Å². The van der Waals surface area contributed by atoms with Crippen molar-refractivity contribution in [3.63, 3.8) is 0 Å². The summed E-state index contributed by atoms with van der Waals surface area (Å²) in [5.74, 6) is 0.379. The van der Waals surface area contributed by atoms with E-state index in [-0.39, 0.29) is 6.61 Å². The van der Waals surface area contributed by atoms with Crippen molar-refractivity contribution in [2.45, 2.75) is 65.4 Å². The predicted octanol–water partition coefficient (Wildman–Crippen LogP) is 5.06. The Bertz CT molecular complexity index is 1310. The van der Waals surface area contributed by atoms with Gasteiger partial charge in [0.15, 0.2) is 0 Å². The molecule has 1 aliphatic rings. The molecule has 0 saturated carbocycles. The number of rotatable bonds is 6. The van der Waals surface area contributed by atoms with Crippen molar-refractivity contribution in [2.24, 2.45) is 0 Å². The first kappa shape index (κ1) is 22.4. The van der Waals surface area contributed by atoms with Crippen molar-refractivity contribution in [1.82, 2.24) is 24.7 Å². The summed E-state index contributed by atoms with van der Waals surface area (Å²) in [4.78, 5) is 9.10. The zero-order valence-electron chi connectivity index (χ0n) is 20.1. The molecule has 1 N–H and O–H groups in total. The maximum absolute atomic E-state index is 10.0. The summed E-state index contributed by atoms with van der Waals surface area (Å²) in [6.07, 6.45) is 8.92. The van der Waals surface area contributed by atoms with Gasteiger partial charge < -0.3 is 9.67 Å². The summed E-state index contributed by atoms with van der Waals surface area (Å²) in [5.41, 5.74) is 10.3. The van der Waals surface area contributed by atoms with Crippen LogP contribution < -0.4 is 0 Å². The van der Waals surface area contributed by atoms with Gasteiger partial charge >= 0.3 is 0 Å². The monoisotopic (exact) mass is 453 g/mol. The summed E-state index contributed by atoms with van der Waals surface area (Å²) in [6.45, 7) is 6.18. The number of aliphatic hydroxyl groups excluding tert-OH is 1. The van der Waals surface area contributed by atoms with Crippen LogP contribution in [-0.2, 0) is 25.9 Å². The van der Waals surface area contributed by atoms with E-state index in [1.54, 1.807) is 6.33 Å².